The number of hydrogen-bond donors (Lipinski definition) is 0. The maximum atomic E-state index is 12.4. The fourth-order valence-corrected chi connectivity index (χ4v) is 2.84. The van der Waals surface area contributed by atoms with Crippen molar-refractivity contribution in [3.63, 3.8) is 0 Å². The first kappa shape index (κ1) is 12.0. The normalized spacial score (nSPS) is 25.4. The molecule has 0 spiro atoms. The average molecular weight is 229 g/mol. The quantitative estimate of drug-likeness (QED) is 0.717. The molecule has 2 rings (SSSR count). The van der Waals surface area contributed by atoms with E-state index < -0.39 is 5.41 Å². The molecular weight excluding hydrogens is 210 g/mol. The molecule has 1 aromatic carbocycles. The highest BCUT2D eigenvalue weighted by atomic mass is 16.1. The minimum Gasteiger partial charge on any atom is -0.299 e. The number of aryl methyl sites for hydroxylation is 1. The van der Waals surface area contributed by atoms with E-state index in [4.69, 9.17) is 0 Å². The van der Waals surface area contributed by atoms with E-state index in [-0.39, 0.29) is 0 Å². The lowest BCUT2D eigenvalue weighted by Crippen LogP contribution is -2.40. The van der Waals surface area contributed by atoms with Crippen molar-refractivity contribution in [2.24, 2.45) is 4.99 Å². The second-order valence-corrected chi connectivity index (χ2v) is 4.80. The number of ketones is 1. The Kier molecular flexibility index (Phi) is 3.41. The second-order valence-electron chi connectivity index (χ2n) is 4.80. The smallest absolute Gasteiger partial charge is 0.148 e. The molecule has 0 aromatic heterocycles. The topological polar surface area (TPSA) is 29.4 Å². The van der Waals surface area contributed by atoms with Crippen LogP contribution in [0.25, 0.3) is 0 Å². The average Bonchev–Trinajstić information content (AvgIpc) is 2.33. The lowest BCUT2D eigenvalue weighted by Gasteiger charge is -2.33. The Labute approximate surface area is 103 Å². The van der Waals surface area contributed by atoms with Crippen LogP contribution in [0.1, 0.15) is 36.8 Å². The zero-order valence-corrected chi connectivity index (χ0v) is 10.6. The molecule has 1 aliphatic carbocycles. The molecule has 0 aliphatic heterocycles. The van der Waals surface area contributed by atoms with Crippen molar-refractivity contribution in [1.29, 1.82) is 0 Å². The summed E-state index contributed by atoms with van der Waals surface area (Å²) in [6.45, 7) is 2.07. The molecule has 90 valence electrons. The lowest BCUT2D eigenvalue weighted by atomic mass is 9.68. The number of aliphatic imine (C=N–C) groups is 1. The molecule has 0 N–H and O–H groups in total. The lowest BCUT2D eigenvalue weighted by molar-refractivity contribution is -0.123. The first-order valence-electron chi connectivity index (χ1n) is 6.23. The summed E-state index contributed by atoms with van der Waals surface area (Å²) in [5, 5.41) is 0. The van der Waals surface area contributed by atoms with Gasteiger partial charge in [-0.3, -0.25) is 9.79 Å². The Balaban J connectivity index is 2.55. The highest BCUT2D eigenvalue weighted by Gasteiger charge is 2.40. The molecule has 0 saturated heterocycles. The van der Waals surface area contributed by atoms with E-state index in [2.05, 4.69) is 24.0 Å². The molecule has 0 heterocycles. The van der Waals surface area contributed by atoms with Gasteiger partial charge in [-0.1, -0.05) is 30.7 Å². The molecule has 0 amide bonds. The van der Waals surface area contributed by atoms with Crippen LogP contribution in [-0.4, -0.2) is 19.0 Å². The first-order valence-corrected chi connectivity index (χ1v) is 6.23. The van der Waals surface area contributed by atoms with Gasteiger partial charge in [-0.25, -0.2) is 0 Å². The molecule has 0 radical (unpaired) electrons. The van der Waals surface area contributed by atoms with Crippen LogP contribution in [0.4, 0.5) is 0 Å². The van der Waals surface area contributed by atoms with Gasteiger partial charge in [0, 0.05) is 19.7 Å². The zero-order chi connectivity index (χ0) is 12.3. The summed E-state index contributed by atoms with van der Waals surface area (Å²) in [5.74, 6) is 0.323. The van der Waals surface area contributed by atoms with Gasteiger partial charge in [-0.2, -0.15) is 0 Å². The van der Waals surface area contributed by atoms with E-state index in [0.717, 1.165) is 24.8 Å². The fourth-order valence-electron chi connectivity index (χ4n) is 2.84. The molecule has 0 bridgehead atoms. The van der Waals surface area contributed by atoms with Crippen LogP contribution >= 0.6 is 0 Å². The van der Waals surface area contributed by atoms with Crippen LogP contribution in [0, 0.1) is 6.92 Å². The minimum atomic E-state index is -0.460. The third-order valence-electron chi connectivity index (χ3n) is 3.70. The highest BCUT2D eigenvalue weighted by Crippen LogP contribution is 2.36. The van der Waals surface area contributed by atoms with Crippen molar-refractivity contribution >= 4 is 12.0 Å². The van der Waals surface area contributed by atoms with Crippen molar-refractivity contribution in [1.82, 2.24) is 0 Å². The fraction of sp³-hybridized carbons (Fsp3) is 0.467. The monoisotopic (exact) mass is 229 g/mol. The molecule has 1 fully saturated rings. The Morgan fingerprint density at radius 1 is 1.29 bits per heavy atom. The molecule has 2 nitrogen and oxygen atoms in total. The summed E-state index contributed by atoms with van der Waals surface area (Å²) >= 11 is 0. The van der Waals surface area contributed by atoms with Crippen molar-refractivity contribution in [3.8, 4) is 0 Å². The summed E-state index contributed by atoms with van der Waals surface area (Å²) < 4.78 is 0. The summed E-state index contributed by atoms with van der Waals surface area (Å²) in [6, 6.07) is 8.17. The van der Waals surface area contributed by atoms with Gasteiger partial charge in [0.1, 0.15) is 5.78 Å². The number of benzene rings is 1. The molecular formula is C15H19NO. The van der Waals surface area contributed by atoms with Gasteiger partial charge in [-0.15, -0.1) is 0 Å². The van der Waals surface area contributed by atoms with E-state index in [1.54, 1.807) is 7.05 Å². The van der Waals surface area contributed by atoms with Crippen LogP contribution in [-0.2, 0) is 10.2 Å². The number of nitrogens with zero attached hydrogens (tertiary/aromatic N) is 1. The van der Waals surface area contributed by atoms with Crippen molar-refractivity contribution < 1.29 is 4.79 Å². The number of hydrogen-bond acceptors (Lipinski definition) is 2. The SMILES string of the molecule is C/N=C/[C@]1(c2ccccc2C)CCCCC1=O. The van der Waals surface area contributed by atoms with Gasteiger partial charge >= 0.3 is 0 Å². The number of carbonyl (C=O) groups excluding carboxylic acids is 1. The van der Waals surface area contributed by atoms with E-state index >= 15 is 0 Å². The van der Waals surface area contributed by atoms with Crippen LogP contribution in [0.2, 0.25) is 0 Å². The van der Waals surface area contributed by atoms with Gasteiger partial charge in [0.15, 0.2) is 0 Å². The minimum absolute atomic E-state index is 0.323. The first-order chi connectivity index (χ1) is 8.20. The summed E-state index contributed by atoms with van der Waals surface area (Å²) in [6.07, 6.45) is 5.56. The molecule has 1 aromatic rings. The Morgan fingerprint density at radius 2 is 2.06 bits per heavy atom. The van der Waals surface area contributed by atoms with Crippen LogP contribution in [0.5, 0.6) is 0 Å². The van der Waals surface area contributed by atoms with Crippen molar-refractivity contribution in [3.05, 3.63) is 35.4 Å². The summed E-state index contributed by atoms with van der Waals surface area (Å²) in [5.41, 5.74) is 1.86. The van der Waals surface area contributed by atoms with Gasteiger partial charge in [0.05, 0.1) is 5.41 Å². The Hall–Kier alpha value is -1.44. The maximum Gasteiger partial charge on any atom is 0.148 e. The second kappa shape index (κ2) is 4.82. The molecule has 0 unspecified atom stereocenters. The van der Waals surface area contributed by atoms with Crippen LogP contribution < -0.4 is 0 Å². The molecule has 1 aliphatic rings. The number of carbonyl (C=O) groups is 1. The summed E-state index contributed by atoms with van der Waals surface area (Å²) in [7, 11) is 1.75. The van der Waals surface area contributed by atoms with Crippen LogP contribution in [0.3, 0.4) is 0 Å². The van der Waals surface area contributed by atoms with Gasteiger partial charge in [-0.05, 0) is 30.9 Å². The van der Waals surface area contributed by atoms with E-state index in [1.807, 2.05) is 18.3 Å². The number of Topliss-reactive ketones (excluding diaryl/α,β-unsaturated/α-hetero) is 1. The van der Waals surface area contributed by atoms with E-state index in [9.17, 15) is 4.79 Å². The maximum absolute atomic E-state index is 12.4. The molecule has 2 heteroatoms. The number of rotatable bonds is 2. The predicted molar refractivity (Wildman–Crippen MR) is 70.7 cm³/mol. The van der Waals surface area contributed by atoms with Crippen molar-refractivity contribution in [2.75, 3.05) is 7.05 Å². The van der Waals surface area contributed by atoms with Gasteiger partial charge in [0.25, 0.3) is 0 Å². The Morgan fingerprint density at radius 3 is 2.71 bits per heavy atom. The zero-order valence-electron chi connectivity index (χ0n) is 10.6. The largest absolute Gasteiger partial charge is 0.299 e. The highest BCUT2D eigenvalue weighted by molar-refractivity contribution is 6.06. The van der Waals surface area contributed by atoms with E-state index in [0.29, 0.717) is 12.2 Å². The van der Waals surface area contributed by atoms with Gasteiger partial charge < -0.3 is 0 Å². The molecule has 17 heavy (non-hydrogen) atoms. The molecule has 1 saturated carbocycles. The van der Waals surface area contributed by atoms with Gasteiger partial charge in [0.2, 0.25) is 0 Å². The van der Waals surface area contributed by atoms with E-state index in [1.165, 1.54) is 5.56 Å². The Bertz CT molecular complexity index is 450. The third kappa shape index (κ3) is 2.04. The van der Waals surface area contributed by atoms with Crippen LogP contribution in [0.15, 0.2) is 29.3 Å². The van der Waals surface area contributed by atoms with Crippen molar-refractivity contribution in [2.45, 2.75) is 38.0 Å². The third-order valence-corrected chi connectivity index (χ3v) is 3.70. The summed E-state index contributed by atoms with van der Waals surface area (Å²) in [4.78, 5) is 16.5. The molecule has 1 atom stereocenters. The predicted octanol–water partition coefficient (Wildman–Crippen LogP) is 3.08. The standard InChI is InChI=1S/C15H19NO/c1-12-7-3-4-8-13(12)15(11-16-2)10-6-5-9-14(15)17/h3-4,7-8,11H,5-6,9-10H2,1-2H3/b16-11+/t15-/m0/s1.